The van der Waals surface area contributed by atoms with E-state index >= 15 is 0 Å². The molecule has 2 N–H and O–H groups in total. The minimum Gasteiger partial charge on any atom is -0.357 e. The number of rotatable bonds is 6. The number of hydrogen-bond donors (Lipinski definition) is 2. The highest BCUT2D eigenvalue weighted by atomic mass is 32.2. The second kappa shape index (κ2) is 7.43. The normalized spacial score (nSPS) is 12.6. The van der Waals surface area contributed by atoms with Crippen LogP contribution in [0.5, 0.6) is 0 Å². The van der Waals surface area contributed by atoms with Gasteiger partial charge in [0.1, 0.15) is 0 Å². The minimum atomic E-state index is 0.197. The van der Waals surface area contributed by atoms with Gasteiger partial charge in [-0.25, -0.2) is 4.99 Å². The molecule has 0 amide bonds. The summed E-state index contributed by atoms with van der Waals surface area (Å²) in [7, 11) is 1.93. The van der Waals surface area contributed by atoms with Gasteiger partial charge in [0, 0.05) is 31.1 Å². The van der Waals surface area contributed by atoms with E-state index in [4.69, 9.17) is 0 Å². The summed E-state index contributed by atoms with van der Waals surface area (Å²) in [4.78, 5) is 4.58. The van der Waals surface area contributed by atoms with E-state index in [2.05, 4.69) is 47.8 Å². The Morgan fingerprint density at radius 2 is 2.21 bits per heavy atom. The van der Waals surface area contributed by atoms with Gasteiger partial charge in [-0.3, -0.25) is 4.68 Å². The predicted molar refractivity (Wildman–Crippen MR) is 83.6 cm³/mol. The molecule has 1 heterocycles. The molecule has 0 radical (unpaired) electrons. The van der Waals surface area contributed by atoms with Crippen molar-refractivity contribution in [2.45, 2.75) is 32.1 Å². The number of hydrogen-bond acceptors (Lipinski definition) is 3. The summed E-state index contributed by atoms with van der Waals surface area (Å²) < 4.78 is 2.04. The Morgan fingerprint density at radius 3 is 2.74 bits per heavy atom. The number of nitrogens with one attached hydrogen (secondary N) is 2. The molecule has 0 saturated carbocycles. The van der Waals surface area contributed by atoms with Gasteiger partial charge in [0.05, 0.1) is 12.2 Å². The zero-order valence-corrected chi connectivity index (χ0v) is 13.3. The molecule has 6 heteroatoms. The quantitative estimate of drug-likeness (QED) is 0.615. The fourth-order valence-electron chi connectivity index (χ4n) is 1.43. The third-order valence-electron chi connectivity index (χ3n) is 2.90. The average molecular weight is 283 g/mol. The van der Waals surface area contributed by atoms with Crippen LogP contribution in [-0.4, -0.2) is 39.8 Å². The van der Waals surface area contributed by atoms with E-state index in [1.165, 1.54) is 0 Å². The van der Waals surface area contributed by atoms with Crippen LogP contribution in [0.4, 0.5) is 0 Å². The van der Waals surface area contributed by atoms with Crippen LogP contribution in [0.25, 0.3) is 0 Å². The van der Waals surface area contributed by atoms with Crippen LogP contribution in [0, 0.1) is 0 Å². The number of aliphatic imine (C=N–C) groups is 1. The van der Waals surface area contributed by atoms with E-state index in [9.17, 15) is 0 Å². The van der Waals surface area contributed by atoms with Crippen LogP contribution in [0.3, 0.4) is 0 Å². The Morgan fingerprint density at radius 1 is 1.47 bits per heavy atom. The molecule has 5 nitrogen and oxygen atoms in total. The van der Waals surface area contributed by atoms with Crippen LogP contribution >= 0.6 is 11.8 Å². The third-order valence-corrected chi connectivity index (χ3v) is 4.15. The van der Waals surface area contributed by atoms with Crippen LogP contribution < -0.4 is 10.6 Å². The molecule has 0 aliphatic rings. The maximum absolute atomic E-state index is 4.58. The van der Waals surface area contributed by atoms with Gasteiger partial charge in [-0.2, -0.15) is 16.9 Å². The highest BCUT2D eigenvalue weighted by Crippen LogP contribution is 2.19. The number of aromatic nitrogens is 2. The van der Waals surface area contributed by atoms with Crippen LogP contribution in [-0.2, 0) is 13.6 Å². The van der Waals surface area contributed by atoms with Crippen molar-refractivity contribution in [3.63, 3.8) is 0 Å². The predicted octanol–water partition coefficient (Wildman–Crippen LogP) is 1.62. The van der Waals surface area contributed by atoms with Gasteiger partial charge in [-0.05, 0) is 33.1 Å². The Balaban J connectivity index is 2.59. The Bertz CT molecular complexity index is 411. The first kappa shape index (κ1) is 15.9. The molecule has 0 unspecified atom stereocenters. The number of thioether (sulfide) groups is 1. The molecule has 1 rings (SSSR count). The number of nitrogens with zero attached hydrogens (tertiary/aromatic N) is 3. The third kappa shape index (κ3) is 5.55. The molecule has 0 bridgehead atoms. The van der Waals surface area contributed by atoms with E-state index in [-0.39, 0.29) is 4.75 Å². The standard InChI is InChI=1S/C13H25N5S/c1-6-14-12(16-10-13(2,3)19-5)15-9-11-7-8-17-18(11)4/h7-8H,6,9-10H2,1-5H3,(H2,14,15,16). The zero-order chi connectivity index (χ0) is 14.3. The Labute approximate surface area is 120 Å². The van der Waals surface area contributed by atoms with Crippen molar-refractivity contribution in [2.75, 3.05) is 19.3 Å². The van der Waals surface area contributed by atoms with E-state index in [1.807, 2.05) is 29.6 Å². The Kier molecular flexibility index (Phi) is 6.21. The van der Waals surface area contributed by atoms with Crippen molar-refractivity contribution in [3.05, 3.63) is 18.0 Å². The van der Waals surface area contributed by atoms with E-state index < -0.39 is 0 Å². The molecule has 19 heavy (non-hydrogen) atoms. The maximum atomic E-state index is 4.58. The maximum Gasteiger partial charge on any atom is 0.191 e. The monoisotopic (exact) mass is 283 g/mol. The van der Waals surface area contributed by atoms with Crippen molar-refractivity contribution in [1.29, 1.82) is 0 Å². The molecule has 0 aromatic carbocycles. The molecule has 0 fully saturated rings. The van der Waals surface area contributed by atoms with Gasteiger partial charge in [0.15, 0.2) is 5.96 Å². The number of aryl methyl sites for hydroxylation is 1. The first-order chi connectivity index (χ1) is 8.98. The molecule has 0 atom stereocenters. The van der Waals surface area contributed by atoms with Crippen molar-refractivity contribution in [1.82, 2.24) is 20.4 Å². The highest BCUT2D eigenvalue weighted by Gasteiger charge is 2.16. The average Bonchev–Trinajstić information content (AvgIpc) is 2.78. The van der Waals surface area contributed by atoms with Gasteiger partial charge in [0.2, 0.25) is 0 Å². The van der Waals surface area contributed by atoms with Crippen LogP contribution in [0.15, 0.2) is 17.3 Å². The highest BCUT2D eigenvalue weighted by molar-refractivity contribution is 7.99. The molecule has 108 valence electrons. The summed E-state index contributed by atoms with van der Waals surface area (Å²) in [6.07, 6.45) is 3.92. The van der Waals surface area contributed by atoms with E-state index in [1.54, 1.807) is 6.20 Å². The smallest absolute Gasteiger partial charge is 0.191 e. The van der Waals surface area contributed by atoms with E-state index in [0.717, 1.165) is 24.7 Å². The lowest BCUT2D eigenvalue weighted by molar-refractivity contribution is 0.661. The van der Waals surface area contributed by atoms with Crippen molar-refractivity contribution >= 4 is 17.7 Å². The van der Waals surface area contributed by atoms with Crippen LogP contribution in [0.2, 0.25) is 0 Å². The summed E-state index contributed by atoms with van der Waals surface area (Å²) in [5.74, 6) is 0.853. The second-order valence-electron chi connectivity index (χ2n) is 4.96. The fraction of sp³-hybridized carbons (Fsp3) is 0.692. The zero-order valence-electron chi connectivity index (χ0n) is 12.5. The fourth-order valence-corrected chi connectivity index (χ4v) is 1.64. The van der Waals surface area contributed by atoms with Gasteiger partial charge < -0.3 is 10.6 Å². The molecule has 0 spiro atoms. The number of guanidine groups is 1. The summed E-state index contributed by atoms with van der Waals surface area (Å²) in [6, 6.07) is 1.99. The summed E-state index contributed by atoms with van der Waals surface area (Å²) >= 11 is 1.85. The first-order valence-electron chi connectivity index (χ1n) is 6.52. The molecular weight excluding hydrogens is 258 g/mol. The first-order valence-corrected chi connectivity index (χ1v) is 7.75. The molecule has 0 aliphatic heterocycles. The van der Waals surface area contributed by atoms with Crippen LogP contribution in [0.1, 0.15) is 26.5 Å². The Hall–Kier alpha value is -1.17. The molecule has 1 aromatic heterocycles. The lowest BCUT2D eigenvalue weighted by atomic mass is 10.2. The van der Waals surface area contributed by atoms with Gasteiger partial charge in [-0.15, -0.1) is 0 Å². The van der Waals surface area contributed by atoms with Gasteiger partial charge in [0.25, 0.3) is 0 Å². The van der Waals surface area contributed by atoms with Crippen molar-refractivity contribution in [3.8, 4) is 0 Å². The molecule has 1 aromatic rings. The topological polar surface area (TPSA) is 54.2 Å². The molecule has 0 aliphatic carbocycles. The summed E-state index contributed by atoms with van der Waals surface area (Å²) in [6.45, 7) is 8.87. The molecule has 0 saturated heterocycles. The lowest BCUT2D eigenvalue weighted by Crippen LogP contribution is -2.43. The minimum absolute atomic E-state index is 0.197. The lowest BCUT2D eigenvalue weighted by Gasteiger charge is -2.23. The van der Waals surface area contributed by atoms with Crippen molar-refractivity contribution < 1.29 is 0 Å². The van der Waals surface area contributed by atoms with Gasteiger partial charge >= 0.3 is 0 Å². The molecular formula is C13H25N5S. The van der Waals surface area contributed by atoms with Gasteiger partial charge in [-0.1, -0.05) is 0 Å². The van der Waals surface area contributed by atoms with E-state index in [0.29, 0.717) is 6.54 Å². The second-order valence-corrected chi connectivity index (χ2v) is 6.47. The summed E-state index contributed by atoms with van der Waals surface area (Å²) in [5.41, 5.74) is 1.10. The largest absolute Gasteiger partial charge is 0.357 e. The van der Waals surface area contributed by atoms with Crippen molar-refractivity contribution in [2.24, 2.45) is 12.0 Å². The SMILES string of the molecule is CCNC(=NCc1ccnn1C)NCC(C)(C)SC. The summed E-state index contributed by atoms with van der Waals surface area (Å²) in [5, 5.41) is 10.8.